The molecule has 0 aliphatic rings. The van der Waals surface area contributed by atoms with Gasteiger partial charge in [0, 0.05) is 35.4 Å². The molecule has 1 amide bonds. The molecule has 4 rings (SSSR count). The minimum atomic E-state index is -0.472. The summed E-state index contributed by atoms with van der Waals surface area (Å²) in [6, 6.07) is 21.6. The number of thiophene rings is 1. The van der Waals surface area contributed by atoms with Gasteiger partial charge < -0.3 is 21.9 Å². The zero-order chi connectivity index (χ0) is 23.2. The van der Waals surface area contributed by atoms with Gasteiger partial charge in [-0.1, -0.05) is 42.5 Å². The van der Waals surface area contributed by atoms with Crippen LogP contribution in [0.25, 0.3) is 10.4 Å². The molecule has 7 heteroatoms. The topological polar surface area (TPSA) is 114 Å². The fourth-order valence-electron chi connectivity index (χ4n) is 3.73. The smallest absolute Gasteiger partial charge is 0.261 e. The number of pyridine rings is 1. The molecule has 0 aliphatic heterocycles. The summed E-state index contributed by atoms with van der Waals surface area (Å²) in [6.45, 7) is 0.464. The van der Waals surface area contributed by atoms with Crippen LogP contribution in [0.5, 0.6) is 5.75 Å². The van der Waals surface area contributed by atoms with E-state index in [-0.39, 0.29) is 17.7 Å². The van der Waals surface area contributed by atoms with Gasteiger partial charge in [-0.25, -0.2) is 0 Å². The van der Waals surface area contributed by atoms with Gasteiger partial charge in [0.05, 0.1) is 10.9 Å². The first-order chi connectivity index (χ1) is 16.0. The van der Waals surface area contributed by atoms with Crippen LogP contribution in [0.3, 0.4) is 0 Å². The molecule has 168 valence electrons. The highest BCUT2D eigenvalue weighted by atomic mass is 32.1. The Morgan fingerprint density at radius 1 is 1.06 bits per heavy atom. The number of rotatable bonds is 8. The van der Waals surface area contributed by atoms with Crippen LogP contribution in [0.2, 0.25) is 0 Å². The summed E-state index contributed by atoms with van der Waals surface area (Å²) >= 11 is 1.41. The number of hydrogen-bond acceptors (Lipinski definition) is 6. The maximum absolute atomic E-state index is 13.2. The second kappa shape index (κ2) is 10.4. The number of para-hydroxylation sites is 1. The third-order valence-electron chi connectivity index (χ3n) is 5.50. The van der Waals surface area contributed by atoms with Gasteiger partial charge >= 0.3 is 0 Å². The number of carbonyl (C=O) groups excluding carboxylic acids is 1. The van der Waals surface area contributed by atoms with Crippen LogP contribution >= 0.6 is 11.3 Å². The van der Waals surface area contributed by atoms with Gasteiger partial charge in [0.2, 0.25) is 0 Å². The molecule has 6 nitrogen and oxygen atoms in total. The van der Waals surface area contributed by atoms with E-state index in [0.717, 1.165) is 21.6 Å². The summed E-state index contributed by atoms with van der Waals surface area (Å²) in [5.41, 5.74) is 15.7. The average Bonchev–Trinajstić information content (AvgIpc) is 3.35. The third-order valence-corrected chi connectivity index (χ3v) is 6.63. The third kappa shape index (κ3) is 5.46. The Kier molecular flexibility index (Phi) is 7.14. The van der Waals surface area contributed by atoms with Gasteiger partial charge in [0.25, 0.3) is 5.91 Å². The second-order valence-corrected chi connectivity index (χ2v) is 8.87. The zero-order valence-corrected chi connectivity index (χ0v) is 18.8. The number of phenolic OH excluding ortho intramolecular Hbond substituents is 1. The lowest BCUT2D eigenvalue weighted by atomic mass is 9.95. The van der Waals surface area contributed by atoms with Gasteiger partial charge in [-0.05, 0) is 53.4 Å². The first kappa shape index (κ1) is 22.7. The lowest BCUT2D eigenvalue weighted by molar-refractivity contribution is 0.0937. The van der Waals surface area contributed by atoms with E-state index < -0.39 is 6.04 Å². The van der Waals surface area contributed by atoms with Gasteiger partial charge in [-0.3, -0.25) is 9.78 Å². The van der Waals surface area contributed by atoms with Crippen LogP contribution in [-0.4, -0.2) is 16.0 Å². The van der Waals surface area contributed by atoms with E-state index in [0.29, 0.717) is 23.4 Å². The predicted octanol–water partition coefficient (Wildman–Crippen LogP) is 4.54. The van der Waals surface area contributed by atoms with Crippen molar-refractivity contribution in [2.24, 2.45) is 11.5 Å². The van der Waals surface area contributed by atoms with Crippen molar-refractivity contribution >= 4 is 17.2 Å². The summed E-state index contributed by atoms with van der Waals surface area (Å²) in [6.07, 6.45) is 3.82. The molecule has 2 heterocycles. The molecule has 2 unspecified atom stereocenters. The van der Waals surface area contributed by atoms with Gasteiger partial charge in [0.1, 0.15) is 5.75 Å². The summed E-state index contributed by atoms with van der Waals surface area (Å²) in [5.74, 6) is -0.0977. The molecule has 33 heavy (non-hydrogen) atoms. The zero-order valence-electron chi connectivity index (χ0n) is 18.0. The van der Waals surface area contributed by atoms with Crippen molar-refractivity contribution in [1.29, 1.82) is 0 Å². The molecular formula is C26H26N4O2S. The monoisotopic (exact) mass is 458 g/mol. The largest absolute Gasteiger partial charge is 0.508 e. The molecular weight excluding hydrogens is 432 g/mol. The Morgan fingerprint density at radius 3 is 2.67 bits per heavy atom. The number of phenols is 1. The summed E-state index contributed by atoms with van der Waals surface area (Å²) in [4.78, 5) is 18.9. The van der Waals surface area contributed by atoms with E-state index in [1.165, 1.54) is 11.3 Å². The van der Waals surface area contributed by atoms with Gasteiger partial charge in [0.15, 0.2) is 0 Å². The molecule has 0 bridgehead atoms. The Morgan fingerprint density at radius 2 is 1.91 bits per heavy atom. The maximum atomic E-state index is 13.2. The van der Waals surface area contributed by atoms with Crippen LogP contribution in [-0.2, 0) is 6.54 Å². The Bertz CT molecular complexity index is 1230. The number of carbonyl (C=O) groups is 1. The molecule has 6 N–H and O–H groups in total. The average molecular weight is 459 g/mol. The lowest BCUT2D eigenvalue weighted by Crippen LogP contribution is -2.30. The molecule has 0 aliphatic carbocycles. The van der Waals surface area contributed by atoms with E-state index in [4.69, 9.17) is 11.5 Å². The number of hydrogen-bond donors (Lipinski definition) is 4. The number of nitrogens with zero attached hydrogens (tertiary/aromatic N) is 1. The minimum absolute atomic E-state index is 0.117. The summed E-state index contributed by atoms with van der Waals surface area (Å²) in [7, 11) is 0. The number of benzene rings is 2. The van der Waals surface area contributed by atoms with Crippen molar-refractivity contribution < 1.29 is 9.90 Å². The predicted molar refractivity (Wildman–Crippen MR) is 132 cm³/mol. The second-order valence-electron chi connectivity index (χ2n) is 7.78. The van der Waals surface area contributed by atoms with Crippen LogP contribution in [0, 0.1) is 0 Å². The van der Waals surface area contributed by atoms with Crippen LogP contribution < -0.4 is 16.8 Å². The first-order valence-electron chi connectivity index (χ1n) is 10.7. The molecule has 0 saturated heterocycles. The Hall–Kier alpha value is -3.52. The van der Waals surface area contributed by atoms with Crippen molar-refractivity contribution in [2.75, 3.05) is 0 Å². The van der Waals surface area contributed by atoms with E-state index in [1.807, 2.05) is 54.6 Å². The van der Waals surface area contributed by atoms with Gasteiger partial charge in [-0.15, -0.1) is 11.3 Å². The molecule has 0 spiro atoms. The number of aromatic nitrogens is 1. The minimum Gasteiger partial charge on any atom is -0.508 e. The van der Waals surface area contributed by atoms with Gasteiger partial charge in [-0.2, -0.15) is 0 Å². The van der Waals surface area contributed by atoms with Crippen molar-refractivity contribution in [3.63, 3.8) is 0 Å². The van der Waals surface area contributed by atoms with Crippen molar-refractivity contribution in [1.82, 2.24) is 10.3 Å². The van der Waals surface area contributed by atoms with Crippen LogP contribution in [0.1, 0.15) is 44.9 Å². The van der Waals surface area contributed by atoms with Crippen LogP contribution in [0.4, 0.5) is 0 Å². The number of aromatic hydroxyl groups is 1. The Labute approximate surface area is 196 Å². The fourth-order valence-corrected chi connectivity index (χ4v) is 4.63. The number of nitrogens with two attached hydrogens (primary N) is 2. The molecule has 2 aromatic carbocycles. The molecule has 0 radical (unpaired) electrons. The quantitative estimate of drug-likeness (QED) is 0.310. The standard InChI is InChI=1S/C26H26N4O2S/c27-15-17-5-3-6-18(13-17)24-10-11-25(33-24)26(32)30-22(20-8-1-2-9-23(20)31)14-21(28)19-7-4-12-29-16-19/h1-13,16,21-22,31H,14-15,27-28H2,(H,30,32). The molecule has 0 fully saturated rings. The molecule has 2 aromatic heterocycles. The molecule has 2 atom stereocenters. The summed E-state index contributed by atoms with van der Waals surface area (Å²) < 4.78 is 0. The Balaban J connectivity index is 1.56. The highest BCUT2D eigenvalue weighted by molar-refractivity contribution is 7.17. The maximum Gasteiger partial charge on any atom is 0.261 e. The number of nitrogens with one attached hydrogen (secondary N) is 1. The van der Waals surface area contributed by atoms with E-state index >= 15 is 0 Å². The van der Waals surface area contributed by atoms with Crippen LogP contribution in [0.15, 0.2) is 85.2 Å². The van der Waals surface area contributed by atoms with Crippen molar-refractivity contribution in [3.8, 4) is 16.2 Å². The SMILES string of the molecule is NCc1cccc(-c2ccc(C(=O)NC(CC(N)c3cccnc3)c3ccccc3O)s2)c1. The highest BCUT2D eigenvalue weighted by Gasteiger charge is 2.23. The molecule has 0 saturated carbocycles. The highest BCUT2D eigenvalue weighted by Crippen LogP contribution is 2.32. The van der Waals surface area contributed by atoms with E-state index in [9.17, 15) is 9.90 Å². The molecule has 4 aromatic rings. The fraction of sp³-hybridized carbons (Fsp3) is 0.154. The lowest BCUT2D eigenvalue weighted by Gasteiger charge is -2.23. The van der Waals surface area contributed by atoms with Crippen molar-refractivity contribution in [2.45, 2.75) is 25.0 Å². The first-order valence-corrected chi connectivity index (χ1v) is 11.5. The summed E-state index contributed by atoms with van der Waals surface area (Å²) in [5, 5.41) is 13.5. The number of amides is 1. The normalized spacial score (nSPS) is 12.8. The van der Waals surface area contributed by atoms with Crippen molar-refractivity contribution in [3.05, 3.63) is 107 Å². The van der Waals surface area contributed by atoms with E-state index in [1.54, 1.807) is 30.6 Å². The van der Waals surface area contributed by atoms with E-state index in [2.05, 4.69) is 10.3 Å².